The molecule has 17 heavy (non-hydrogen) atoms. The minimum atomic E-state index is 0.0727. The summed E-state index contributed by atoms with van der Waals surface area (Å²) in [7, 11) is 0. The number of Topliss-reactive ketones (excluding diaryl/α,β-unsaturated/α-hetero) is 1. The fraction of sp³-hybridized carbons (Fsp3) is 0.500. The Bertz CT molecular complexity index is 497. The van der Waals surface area contributed by atoms with Crippen LogP contribution >= 0.6 is 11.3 Å². The Balaban J connectivity index is 1.69. The summed E-state index contributed by atoms with van der Waals surface area (Å²) < 4.78 is 7.30. The molecule has 3 heterocycles. The molecule has 1 aliphatic rings. The second-order valence-corrected chi connectivity index (χ2v) is 5.26. The van der Waals surface area contributed by atoms with E-state index in [4.69, 9.17) is 4.74 Å². The molecule has 1 atom stereocenters. The predicted molar refractivity (Wildman–Crippen MR) is 65.3 cm³/mol. The topological polar surface area (TPSA) is 43.6 Å². The number of rotatable bonds is 3. The number of nitrogens with zero attached hydrogens (tertiary/aromatic N) is 2. The first kappa shape index (κ1) is 10.9. The monoisotopic (exact) mass is 250 g/mol. The summed E-state index contributed by atoms with van der Waals surface area (Å²) in [4.78, 5) is 17.4. The summed E-state index contributed by atoms with van der Waals surface area (Å²) in [6.45, 7) is 1.38. The minimum absolute atomic E-state index is 0.0727. The van der Waals surface area contributed by atoms with Crippen LogP contribution in [0.3, 0.4) is 0 Å². The third-order valence-electron chi connectivity index (χ3n) is 3.11. The highest BCUT2D eigenvalue weighted by Gasteiger charge is 2.22. The number of aromatic nitrogens is 2. The number of fused-ring (bicyclic) bond motifs is 1. The zero-order valence-corrected chi connectivity index (χ0v) is 10.3. The second-order valence-electron chi connectivity index (χ2n) is 4.38. The van der Waals surface area contributed by atoms with E-state index in [-0.39, 0.29) is 11.7 Å². The lowest BCUT2D eigenvalue weighted by Gasteiger charge is -2.20. The van der Waals surface area contributed by atoms with E-state index in [2.05, 4.69) is 4.98 Å². The van der Waals surface area contributed by atoms with Crippen LogP contribution in [0, 0.1) is 5.92 Å². The first-order valence-electron chi connectivity index (χ1n) is 5.84. The second kappa shape index (κ2) is 4.58. The normalized spacial score (nSPS) is 20.8. The number of carbonyl (C=O) groups excluding carboxylic acids is 1. The number of thiazole rings is 1. The predicted octanol–water partition coefficient (Wildman–Crippen LogP) is 1.93. The fourth-order valence-corrected chi connectivity index (χ4v) is 2.90. The average Bonchev–Trinajstić information content (AvgIpc) is 2.90. The van der Waals surface area contributed by atoms with Gasteiger partial charge in [-0.15, -0.1) is 11.3 Å². The number of imidazole rings is 1. The maximum absolute atomic E-state index is 12.0. The van der Waals surface area contributed by atoms with Crippen molar-refractivity contribution in [3.63, 3.8) is 0 Å². The van der Waals surface area contributed by atoms with Gasteiger partial charge in [-0.3, -0.25) is 9.20 Å². The van der Waals surface area contributed by atoms with Crippen molar-refractivity contribution in [2.24, 2.45) is 5.92 Å². The maximum Gasteiger partial charge on any atom is 0.193 e. The largest absolute Gasteiger partial charge is 0.381 e. The van der Waals surface area contributed by atoms with Gasteiger partial charge < -0.3 is 4.74 Å². The van der Waals surface area contributed by atoms with Crippen molar-refractivity contribution in [3.8, 4) is 0 Å². The molecule has 1 aliphatic heterocycles. The van der Waals surface area contributed by atoms with Gasteiger partial charge in [0.25, 0.3) is 0 Å². The average molecular weight is 250 g/mol. The summed E-state index contributed by atoms with van der Waals surface area (Å²) in [5.74, 6) is 0.332. The molecule has 2 aromatic heterocycles. The molecule has 2 aromatic rings. The highest BCUT2D eigenvalue weighted by Crippen LogP contribution is 2.18. The van der Waals surface area contributed by atoms with Crippen LogP contribution in [0.2, 0.25) is 0 Å². The van der Waals surface area contributed by atoms with E-state index in [9.17, 15) is 4.79 Å². The van der Waals surface area contributed by atoms with Crippen molar-refractivity contribution in [2.45, 2.75) is 19.3 Å². The number of hydrogen-bond donors (Lipinski definition) is 0. The van der Waals surface area contributed by atoms with Crippen molar-refractivity contribution in [2.75, 3.05) is 13.2 Å². The highest BCUT2D eigenvalue weighted by molar-refractivity contribution is 7.15. The van der Waals surface area contributed by atoms with Gasteiger partial charge in [0.15, 0.2) is 4.96 Å². The molecule has 0 aromatic carbocycles. The van der Waals surface area contributed by atoms with Crippen LogP contribution in [0.25, 0.3) is 4.96 Å². The molecule has 0 bridgehead atoms. The smallest absolute Gasteiger partial charge is 0.193 e. The summed E-state index contributed by atoms with van der Waals surface area (Å²) >= 11 is 1.59. The molecular formula is C12H14N2O2S. The number of carbonyl (C=O) groups is 1. The van der Waals surface area contributed by atoms with Gasteiger partial charge in [0, 0.05) is 30.3 Å². The van der Waals surface area contributed by atoms with Crippen LogP contribution in [-0.2, 0) is 16.0 Å². The Kier molecular flexibility index (Phi) is 2.94. The van der Waals surface area contributed by atoms with Crippen LogP contribution in [-0.4, -0.2) is 28.4 Å². The SMILES string of the molecule is O=C(Cc1cn2ccsc2n1)C1CCCOC1. The summed E-state index contributed by atoms with van der Waals surface area (Å²) in [5.41, 5.74) is 0.868. The molecule has 0 radical (unpaired) electrons. The van der Waals surface area contributed by atoms with Crippen LogP contribution < -0.4 is 0 Å². The Morgan fingerprint density at radius 3 is 3.35 bits per heavy atom. The molecule has 4 nitrogen and oxygen atoms in total. The molecular weight excluding hydrogens is 236 g/mol. The van der Waals surface area contributed by atoms with Gasteiger partial charge in [0.05, 0.1) is 18.7 Å². The van der Waals surface area contributed by atoms with Gasteiger partial charge in [-0.1, -0.05) is 0 Å². The third kappa shape index (κ3) is 2.25. The van der Waals surface area contributed by atoms with Crippen LogP contribution in [0.1, 0.15) is 18.5 Å². The van der Waals surface area contributed by atoms with E-state index in [1.54, 1.807) is 11.3 Å². The lowest BCUT2D eigenvalue weighted by atomic mass is 9.95. The van der Waals surface area contributed by atoms with Gasteiger partial charge in [0.2, 0.25) is 0 Å². The van der Waals surface area contributed by atoms with Crippen molar-refractivity contribution in [1.82, 2.24) is 9.38 Å². The lowest BCUT2D eigenvalue weighted by Crippen LogP contribution is -2.26. The molecule has 90 valence electrons. The highest BCUT2D eigenvalue weighted by atomic mass is 32.1. The van der Waals surface area contributed by atoms with E-state index in [1.807, 2.05) is 22.2 Å². The van der Waals surface area contributed by atoms with E-state index in [0.29, 0.717) is 13.0 Å². The molecule has 3 rings (SSSR count). The quantitative estimate of drug-likeness (QED) is 0.836. The zero-order valence-electron chi connectivity index (χ0n) is 9.46. The number of ether oxygens (including phenoxy) is 1. The first-order chi connectivity index (χ1) is 8.33. The van der Waals surface area contributed by atoms with Gasteiger partial charge in [-0.25, -0.2) is 4.98 Å². The minimum Gasteiger partial charge on any atom is -0.381 e. The molecule has 1 unspecified atom stereocenters. The summed E-state index contributed by atoms with van der Waals surface area (Å²) in [6.07, 6.45) is 6.29. The van der Waals surface area contributed by atoms with Crippen LogP contribution in [0.15, 0.2) is 17.8 Å². The zero-order chi connectivity index (χ0) is 11.7. The van der Waals surface area contributed by atoms with E-state index in [0.717, 1.165) is 30.1 Å². The molecule has 0 N–H and O–H groups in total. The van der Waals surface area contributed by atoms with Gasteiger partial charge in [-0.2, -0.15) is 0 Å². The van der Waals surface area contributed by atoms with Gasteiger partial charge in [-0.05, 0) is 12.8 Å². The molecule has 0 spiro atoms. The Morgan fingerprint density at radius 2 is 2.59 bits per heavy atom. The molecule has 0 saturated carbocycles. The standard InChI is InChI=1S/C12H14N2O2S/c15-11(9-2-1-4-16-8-9)6-10-7-14-3-5-17-12(14)13-10/h3,5,7,9H,1-2,4,6,8H2. The van der Waals surface area contributed by atoms with Crippen molar-refractivity contribution in [1.29, 1.82) is 0 Å². The third-order valence-corrected chi connectivity index (χ3v) is 3.88. The van der Waals surface area contributed by atoms with Gasteiger partial charge >= 0.3 is 0 Å². The Hall–Kier alpha value is -1.20. The molecule has 1 fully saturated rings. The molecule has 0 amide bonds. The van der Waals surface area contributed by atoms with E-state index in [1.165, 1.54) is 0 Å². The van der Waals surface area contributed by atoms with Crippen molar-refractivity contribution in [3.05, 3.63) is 23.5 Å². The summed E-state index contributed by atoms with van der Waals surface area (Å²) in [5, 5.41) is 1.99. The van der Waals surface area contributed by atoms with E-state index < -0.39 is 0 Å². The number of hydrogen-bond acceptors (Lipinski definition) is 4. The summed E-state index contributed by atoms with van der Waals surface area (Å²) in [6, 6.07) is 0. The van der Waals surface area contributed by atoms with Crippen LogP contribution in [0.5, 0.6) is 0 Å². The van der Waals surface area contributed by atoms with Crippen molar-refractivity contribution < 1.29 is 9.53 Å². The van der Waals surface area contributed by atoms with E-state index >= 15 is 0 Å². The fourth-order valence-electron chi connectivity index (χ4n) is 2.18. The number of ketones is 1. The Labute approximate surface area is 103 Å². The maximum atomic E-state index is 12.0. The van der Waals surface area contributed by atoms with Crippen LogP contribution in [0.4, 0.5) is 0 Å². The van der Waals surface area contributed by atoms with Gasteiger partial charge in [0.1, 0.15) is 5.78 Å². The lowest BCUT2D eigenvalue weighted by molar-refractivity contribution is -0.126. The molecule has 0 aliphatic carbocycles. The first-order valence-corrected chi connectivity index (χ1v) is 6.72. The molecule has 1 saturated heterocycles. The van der Waals surface area contributed by atoms with Crippen molar-refractivity contribution >= 4 is 22.1 Å². The molecule has 5 heteroatoms. The Morgan fingerprint density at radius 1 is 1.65 bits per heavy atom.